The molecular weight excluding hydrogens is 296 g/mol. The Morgan fingerprint density at radius 1 is 1.13 bits per heavy atom. The lowest BCUT2D eigenvalue weighted by atomic mass is 10.1. The quantitative estimate of drug-likeness (QED) is 0.592. The Morgan fingerprint density at radius 3 is 2.35 bits per heavy atom. The van der Waals surface area contributed by atoms with Crippen molar-refractivity contribution in [2.45, 2.75) is 38.8 Å². The first kappa shape index (κ1) is 19.0. The predicted molar refractivity (Wildman–Crippen MR) is 88.2 cm³/mol. The third-order valence-electron chi connectivity index (χ3n) is 2.95. The van der Waals surface area contributed by atoms with Crippen molar-refractivity contribution in [3.05, 3.63) is 35.9 Å². The Morgan fingerprint density at radius 2 is 1.78 bits per heavy atom. The van der Waals surface area contributed by atoms with Crippen molar-refractivity contribution in [3.63, 3.8) is 0 Å². The average Bonchev–Trinajstić information content (AvgIpc) is 2.48. The molecule has 1 aromatic rings. The van der Waals surface area contributed by atoms with E-state index in [1.807, 2.05) is 30.3 Å². The molecule has 0 aliphatic rings. The monoisotopic (exact) mass is 322 g/mol. The van der Waals surface area contributed by atoms with Crippen LogP contribution >= 0.6 is 0 Å². The molecule has 1 unspecified atom stereocenters. The van der Waals surface area contributed by atoms with Crippen LogP contribution < -0.4 is 10.6 Å². The van der Waals surface area contributed by atoms with Gasteiger partial charge in [-0.1, -0.05) is 30.3 Å². The maximum absolute atomic E-state index is 11.8. The maximum atomic E-state index is 11.8. The van der Waals surface area contributed by atoms with E-state index in [0.717, 1.165) is 5.56 Å². The molecule has 0 spiro atoms. The van der Waals surface area contributed by atoms with E-state index in [9.17, 15) is 9.59 Å². The third-order valence-corrected chi connectivity index (χ3v) is 2.95. The van der Waals surface area contributed by atoms with Gasteiger partial charge in [-0.3, -0.25) is 4.79 Å². The molecule has 23 heavy (non-hydrogen) atoms. The lowest BCUT2D eigenvalue weighted by Gasteiger charge is -2.20. The van der Waals surface area contributed by atoms with Gasteiger partial charge >= 0.3 is 12.1 Å². The topological polar surface area (TPSA) is 76.7 Å². The number of rotatable bonds is 7. The van der Waals surface area contributed by atoms with Crippen molar-refractivity contribution in [2.24, 2.45) is 0 Å². The lowest BCUT2D eigenvalue weighted by molar-refractivity contribution is -0.143. The molecular formula is C17H26N2O4. The zero-order valence-corrected chi connectivity index (χ0v) is 14.2. The number of amides is 1. The molecule has 2 N–H and O–H groups in total. The Bertz CT molecular complexity index is 497. The molecule has 0 aromatic heterocycles. The summed E-state index contributed by atoms with van der Waals surface area (Å²) in [6.07, 6.45) is 0.0527. The standard InChI is InChI=1S/C17H26N2O4/c1-17(2,3)23-16(21)19-11-10-18-14(15(20)22-4)12-13-8-6-5-7-9-13/h5-9,14,18H,10-12H2,1-4H3,(H,19,21). The smallest absolute Gasteiger partial charge is 0.407 e. The first-order chi connectivity index (χ1) is 10.8. The van der Waals surface area contributed by atoms with Gasteiger partial charge < -0.3 is 20.1 Å². The van der Waals surface area contributed by atoms with E-state index in [4.69, 9.17) is 9.47 Å². The second-order valence-electron chi connectivity index (χ2n) is 6.15. The fraction of sp³-hybridized carbons (Fsp3) is 0.529. The molecule has 0 heterocycles. The highest BCUT2D eigenvalue weighted by molar-refractivity contribution is 5.76. The summed E-state index contributed by atoms with van der Waals surface area (Å²) >= 11 is 0. The number of hydrogen-bond donors (Lipinski definition) is 2. The number of benzene rings is 1. The highest BCUT2D eigenvalue weighted by atomic mass is 16.6. The SMILES string of the molecule is COC(=O)C(Cc1ccccc1)NCCNC(=O)OC(C)(C)C. The van der Waals surface area contributed by atoms with Gasteiger partial charge in [0.25, 0.3) is 0 Å². The molecule has 1 atom stereocenters. The van der Waals surface area contributed by atoms with E-state index >= 15 is 0 Å². The number of alkyl carbamates (subject to hydrolysis) is 1. The van der Waals surface area contributed by atoms with Crippen LogP contribution in [0, 0.1) is 0 Å². The molecule has 6 heteroatoms. The normalized spacial score (nSPS) is 12.3. The number of carbonyl (C=O) groups excluding carboxylic acids is 2. The molecule has 0 saturated heterocycles. The number of nitrogens with one attached hydrogen (secondary N) is 2. The van der Waals surface area contributed by atoms with Crippen LogP contribution in [0.5, 0.6) is 0 Å². The minimum Gasteiger partial charge on any atom is -0.468 e. The van der Waals surface area contributed by atoms with Gasteiger partial charge in [-0.05, 0) is 32.8 Å². The Kier molecular flexibility index (Phi) is 7.54. The summed E-state index contributed by atoms with van der Waals surface area (Å²) in [7, 11) is 1.36. The van der Waals surface area contributed by atoms with Gasteiger partial charge in [-0.25, -0.2) is 4.79 Å². The maximum Gasteiger partial charge on any atom is 0.407 e. The van der Waals surface area contributed by atoms with Crippen molar-refractivity contribution < 1.29 is 19.1 Å². The zero-order chi connectivity index (χ0) is 17.3. The van der Waals surface area contributed by atoms with Crippen LogP contribution in [-0.4, -0.2) is 43.9 Å². The van der Waals surface area contributed by atoms with Crippen molar-refractivity contribution in [1.82, 2.24) is 10.6 Å². The van der Waals surface area contributed by atoms with Gasteiger partial charge in [-0.2, -0.15) is 0 Å². The van der Waals surface area contributed by atoms with Crippen LogP contribution in [0.1, 0.15) is 26.3 Å². The molecule has 0 aliphatic heterocycles. The van der Waals surface area contributed by atoms with Crippen molar-refractivity contribution in [3.8, 4) is 0 Å². The molecule has 0 radical (unpaired) electrons. The minimum atomic E-state index is -0.528. The summed E-state index contributed by atoms with van der Waals surface area (Å²) in [4.78, 5) is 23.4. The summed E-state index contributed by atoms with van der Waals surface area (Å²) in [5, 5.41) is 5.73. The number of ether oxygens (including phenoxy) is 2. The predicted octanol–water partition coefficient (Wildman–Crippen LogP) is 1.88. The molecule has 1 rings (SSSR count). The number of hydrogen-bond acceptors (Lipinski definition) is 5. The van der Waals surface area contributed by atoms with Crippen LogP contribution in [0.2, 0.25) is 0 Å². The second kappa shape index (κ2) is 9.15. The average molecular weight is 322 g/mol. The van der Waals surface area contributed by atoms with Crippen molar-refractivity contribution in [1.29, 1.82) is 0 Å². The summed E-state index contributed by atoms with van der Waals surface area (Å²) in [5.41, 5.74) is 0.509. The number of esters is 1. The van der Waals surface area contributed by atoms with Crippen LogP contribution in [0.15, 0.2) is 30.3 Å². The van der Waals surface area contributed by atoms with E-state index in [1.165, 1.54) is 7.11 Å². The van der Waals surface area contributed by atoms with Gasteiger partial charge in [0.05, 0.1) is 7.11 Å². The molecule has 0 aliphatic carbocycles. The Hall–Kier alpha value is -2.08. The van der Waals surface area contributed by atoms with Gasteiger partial charge in [-0.15, -0.1) is 0 Å². The van der Waals surface area contributed by atoms with Gasteiger partial charge in [0.1, 0.15) is 11.6 Å². The fourth-order valence-corrected chi connectivity index (χ4v) is 1.96. The largest absolute Gasteiger partial charge is 0.468 e. The Labute approximate surface area is 137 Å². The van der Waals surface area contributed by atoms with Crippen LogP contribution in [0.4, 0.5) is 4.79 Å². The molecule has 0 saturated carbocycles. The van der Waals surface area contributed by atoms with Crippen LogP contribution in [-0.2, 0) is 20.7 Å². The van der Waals surface area contributed by atoms with E-state index in [-0.39, 0.29) is 5.97 Å². The molecule has 128 valence electrons. The first-order valence-electron chi connectivity index (χ1n) is 7.64. The molecule has 6 nitrogen and oxygen atoms in total. The zero-order valence-electron chi connectivity index (χ0n) is 14.2. The van der Waals surface area contributed by atoms with E-state index in [2.05, 4.69) is 10.6 Å². The van der Waals surface area contributed by atoms with Crippen LogP contribution in [0.3, 0.4) is 0 Å². The summed E-state index contributed by atoms with van der Waals surface area (Å²) in [6, 6.07) is 9.23. The highest BCUT2D eigenvalue weighted by Crippen LogP contribution is 2.06. The van der Waals surface area contributed by atoms with Crippen molar-refractivity contribution >= 4 is 12.1 Å². The summed E-state index contributed by atoms with van der Waals surface area (Å²) in [6.45, 7) is 6.21. The molecule has 0 fully saturated rings. The Balaban J connectivity index is 2.40. The molecule has 1 aromatic carbocycles. The van der Waals surface area contributed by atoms with Gasteiger partial charge in [0.2, 0.25) is 0 Å². The van der Waals surface area contributed by atoms with E-state index in [1.54, 1.807) is 20.8 Å². The molecule has 0 bridgehead atoms. The second-order valence-corrected chi connectivity index (χ2v) is 6.15. The van der Waals surface area contributed by atoms with Crippen LogP contribution in [0.25, 0.3) is 0 Å². The molecule has 1 amide bonds. The van der Waals surface area contributed by atoms with Gasteiger partial charge in [0, 0.05) is 13.1 Å². The van der Waals surface area contributed by atoms with Crippen molar-refractivity contribution in [2.75, 3.05) is 20.2 Å². The first-order valence-corrected chi connectivity index (χ1v) is 7.64. The minimum absolute atomic E-state index is 0.328. The third kappa shape index (κ3) is 8.21. The summed E-state index contributed by atoms with van der Waals surface area (Å²) < 4.78 is 9.95. The number of carbonyl (C=O) groups is 2. The van der Waals surface area contributed by atoms with E-state index < -0.39 is 17.7 Å². The number of methoxy groups -OCH3 is 1. The lowest BCUT2D eigenvalue weighted by Crippen LogP contribution is -2.44. The fourth-order valence-electron chi connectivity index (χ4n) is 1.96. The van der Waals surface area contributed by atoms with Gasteiger partial charge in [0.15, 0.2) is 0 Å². The van der Waals surface area contributed by atoms with E-state index in [0.29, 0.717) is 19.5 Å². The highest BCUT2D eigenvalue weighted by Gasteiger charge is 2.19. The summed E-state index contributed by atoms with van der Waals surface area (Å²) in [5.74, 6) is -0.328.